The van der Waals surface area contributed by atoms with Crippen molar-refractivity contribution >= 4 is 0 Å². The molecule has 2 bridgehead atoms. The van der Waals surface area contributed by atoms with Crippen molar-refractivity contribution in [1.82, 2.24) is 5.32 Å². The van der Waals surface area contributed by atoms with Gasteiger partial charge in [0, 0.05) is 12.1 Å². The zero-order valence-electron chi connectivity index (χ0n) is 11.6. The van der Waals surface area contributed by atoms with Crippen molar-refractivity contribution in [3.05, 3.63) is 0 Å². The average Bonchev–Trinajstić information content (AvgIpc) is 2.88. The lowest BCUT2D eigenvalue weighted by molar-refractivity contribution is 0.268. The van der Waals surface area contributed by atoms with E-state index in [1.165, 1.54) is 44.9 Å². The van der Waals surface area contributed by atoms with Gasteiger partial charge in [0.05, 0.1) is 0 Å². The van der Waals surface area contributed by atoms with Gasteiger partial charge in [-0.1, -0.05) is 26.2 Å². The topological polar surface area (TPSA) is 38.0 Å². The Morgan fingerprint density at radius 1 is 1.24 bits per heavy atom. The van der Waals surface area contributed by atoms with Gasteiger partial charge in [-0.25, -0.2) is 0 Å². The minimum atomic E-state index is 0.490. The molecule has 0 aromatic rings. The summed E-state index contributed by atoms with van der Waals surface area (Å²) in [6.45, 7) is 5.76. The predicted molar refractivity (Wildman–Crippen MR) is 73.9 cm³/mol. The van der Waals surface area contributed by atoms with Crippen molar-refractivity contribution < 1.29 is 0 Å². The molecule has 100 valence electrons. The van der Waals surface area contributed by atoms with E-state index in [1.54, 1.807) is 0 Å². The first-order valence-electron chi connectivity index (χ1n) is 7.71. The highest BCUT2D eigenvalue weighted by Gasteiger charge is 2.45. The van der Waals surface area contributed by atoms with Crippen LogP contribution in [-0.2, 0) is 0 Å². The first-order valence-corrected chi connectivity index (χ1v) is 7.71. The average molecular weight is 238 g/mol. The summed E-state index contributed by atoms with van der Waals surface area (Å²) >= 11 is 0. The largest absolute Gasteiger partial charge is 0.327 e. The van der Waals surface area contributed by atoms with Gasteiger partial charge in [0.2, 0.25) is 0 Å². The summed E-state index contributed by atoms with van der Waals surface area (Å²) in [5.74, 6) is 2.55. The Balaban J connectivity index is 1.64. The van der Waals surface area contributed by atoms with Crippen molar-refractivity contribution in [2.45, 2.75) is 70.9 Å². The van der Waals surface area contributed by atoms with E-state index in [-0.39, 0.29) is 0 Å². The first kappa shape index (κ1) is 13.4. The fourth-order valence-electron chi connectivity index (χ4n) is 3.90. The van der Waals surface area contributed by atoms with E-state index in [0.717, 1.165) is 24.3 Å². The fraction of sp³-hybridized carbons (Fsp3) is 1.00. The van der Waals surface area contributed by atoms with Crippen LogP contribution in [-0.4, -0.2) is 18.6 Å². The molecule has 5 atom stereocenters. The highest BCUT2D eigenvalue weighted by atomic mass is 14.9. The molecule has 3 N–H and O–H groups in total. The van der Waals surface area contributed by atoms with E-state index in [4.69, 9.17) is 5.73 Å². The van der Waals surface area contributed by atoms with Crippen LogP contribution in [0.25, 0.3) is 0 Å². The van der Waals surface area contributed by atoms with Crippen LogP contribution in [0.5, 0.6) is 0 Å². The van der Waals surface area contributed by atoms with Gasteiger partial charge in [-0.05, 0) is 56.9 Å². The van der Waals surface area contributed by atoms with Crippen LogP contribution < -0.4 is 11.1 Å². The maximum Gasteiger partial charge on any atom is 0.0110 e. The van der Waals surface area contributed by atoms with Crippen molar-refractivity contribution in [1.29, 1.82) is 0 Å². The third-order valence-electron chi connectivity index (χ3n) is 5.10. The fourth-order valence-corrected chi connectivity index (χ4v) is 3.90. The third-order valence-corrected chi connectivity index (χ3v) is 5.10. The molecule has 2 nitrogen and oxygen atoms in total. The quantitative estimate of drug-likeness (QED) is 0.669. The van der Waals surface area contributed by atoms with E-state index in [9.17, 15) is 0 Å². The van der Waals surface area contributed by atoms with Gasteiger partial charge in [0.25, 0.3) is 0 Å². The lowest BCUT2D eigenvalue weighted by atomic mass is 9.85. The summed E-state index contributed by atoms with van der Waals surface area (Å²) in [6, 6.07) is 1.16. The smallest absolute Gasteiger partial charge is 0.0110 e. The molecule has 0 amide bonds. The minimum absolute atomic E-state index is 0.490. The van der Waals surface area contributed by atoms with Gasteiger partial charge in [0.1, 0.15) is 0 Å². The summed E-state index contributed by atoms with van der Waals surface area (Å²) in [6.07, 6.45) is 9.64. The van der Waals surface area contributed by atoms with E-state index >= 15 is 0 Å². The Hall–Kier alpha value is -0.0800. The maximum atomic E-state index is 6.33. The molecular weight excluding hydrogens is 208 g/mol. The molecular formula is C15H30N2. The van der Waals surface area contributed by atoms with Crippen molar-refractivity contribution in [3.8, 4) is 0 Å². The van der Waals surface area contributed by atoms with Crippen molar-refractivity contribution in [2.75, 3.05) is 6.54 Å². The third kappa shape index (κ3) is 3.23. The number of nitrogens with two attached hydrogens (primary N) is 1. The number of hydrogen-bond acceptors (Lipinski definition) is 2. The second-order valence-electron chi connectivity index (χ2n) is 6.38. The van der Waals surface area contributed by atoms with Gasteiger partial charge in [-0.15, -0.1) is 0 Å². The van der Waals surface area contributed by atoms with Gasteiger partial charge >= 0.3 is 0 Å². The molecule has 0 aliphatic heterocycles. The van der Waals surface area contributed by atoms with Crippen LogP contribution in [0.15, 0.2) is 0 Å². The Kier molecular flexibility index (Phi) is 4.87. The molecule has 0 radical (unpaired) electrons. The Morgan fingerprint density at radius 2 is 2.00 bits per heavy atom. The molecule has 2 fully saturated rings. The molecule has 0 spiro atoms. The number of nitrogens with one attached hydrogen (secondary N) is 1. The Morgan fingerprint density at radius 3 is 2.65 bits per heavy atom. The Bertz CT molecular complexity index is 227. The monoisotopic (exact) mass is 238 g/mol. The summed E-state index contributed by atoms with van der Waals surface area (Å²) < 4.78 is 0. The summed E-state index contributed by atoms with van der Waals surface area (Å²) in [7, 11) is 0. The standard InChI is InChI=1S/C15H30N2/c1-3-4-5-6-11(2)17-10-14-12-7-8-13(9-12)15(14)16/h11-15,17H,3-10,16H2,1-2H3. The molecule has 2 rings (SSSR count). The lowest BCUT2D eigenvalue weighted by Gasteiger charge is -2.29. The van der Waals surface area contributed by atoms with Crippen LogP contribution >= 0.6 is 0 Å². The predicted octanol–water partition coefficient (Wildman–Crippen LogP) is 2.92. The minimum Gasteiger partial charge on any atom is -0.327 e. The highest BCUT2D eigenvalue weighted by molar-refractivity contribution is 4.99. The molecule has 0 aromatic heterocycles. The van der Waals surface area contributed by atoms with Crippen LogP contribution in [0.2, 0.25) is 0 Å². The maximum absolute atomic E-state index is 6.33. The van der Waals surface area contributed by atoms with Crippen molar-refractivity contribution in [2.24, 2.45) is 23.5 Å². The van der Waals surface area contributed by atoms with Gasteiger partial charge < -0.3 is 11.1 Å². The van der Waals surface area contributed by atoms with E-state index < -0.39 is 0 Å². The van der Waals surface area contributed by atoms with Crippen LogP contribution in [0.1, 0.15) is 58.8 Å². The van der Waals surface area contributed by atoms with Crippen LogP contribution in [0.4, 0.5) is 0 Å². The molecule has 0 saturated heterocycles. The van der Waals surface area contributed by atoms with Crippen LogP contribution in [0, 0.1) is 17.8 Å². The second-order valence-corrected chi connectivity index (χ2v) is 6.38. The molecule has 2 aliphatic rings. The summed E-state index contributed by atoms with van der Waals surface area (Å²) in [4.78, 5) is 0. The second kappa shape index (κ2) is 6.19. The molecule has 5 unspecified atom stereocenters. The molecule has 0 aromatic carbocycles. The van der Waals surface area contributed by atoms with Crippen LogP contribution in [0.3, 0.4) is 0 Å². The van der Waals surface area contributed by atoms with Gasteiger partial charge in [0.15, 0.2) is 0 Å². The Labute approximate surface area is 107 Å². The molecule has 0 heterocycles. The number of unbranched alkanes of at least 4 members (excludes halogenated alkanes) is 2. The zero-order valence-corrected chi connectivity index (χ0v) is 11.6. The zero-order chi connectivity index (χ0) is 12.3. The first-order chi connectivity index (χ1) is 8.22. The van der Waals surface area contributed by atoms with Gasteiger partial charge in [-0.3, -0.25) is 0 Å². The molecule has 2 saturated carbocycles. The van der Waals surface area contributed by atoms with E-state index in [0.29, 0.717) is 12.1 Å². The molecule has 2 aliphatic carbocycles. The molecule has 17 heavy (non-hydrogen) atoms. The number of fused-ring (bicyclic) bond motifs is 2. The van der Waals surface area contributed by atoms with E-state index in [2.05, 4.69) is 19.2 Å². The summed E-state index contributed by atoms with van der Waals surface area (Å²) in [5.41, 5.74) is 6.33. The van der Waals surface area contributed by atoms with E-state index in [1.807, 2.05) is 0 Å². The SMILES string of the molecule is CCCCCC(C)NCC1C2CCC(C2)C1N. The highest BCUT2D eigenvalue weighted by Crippen LogP contribution is 2.47. The normalized spacial score (nSPS) is 37.6. The summed E-state index contributed by atoms with van der Waals surface area (Å²) in [5, 5.41) is 3.72. The number of hydrogen-bond donors (Lipinski definition) is 2. The lowest BCUT2D eigenvalue weighted by Crippen LogP contribution is -2.43. The van der Waals surface area contributed by atoms with Gasteiger partial charge in [-0.2, -0.15) is 0 Å². The number of rotatable bonds is 7. The molecule has 2 heteroatoms. The van der Waals surface area contributed by atoms with Crippen molar-refractivity contribution in [3.63, 3.8) is 0 Å².